The maximum atomic E-state index is 12.3. The van der Waals surface area contributed by atoms with Crippen molar-refractivity contribution in [3.8, 4) is 0 Å². The van der Waals surface area contributed by atoms with Gasteiger partial charge in [0, 0.05) is 0 Å². The minimum absolute atomic E-state index is 0.0234. The Kier molecular flexibility index (Phi) is 3.42. The molecule has 0 N–H and O–H groups in total. The molecule has 0 aliphatic heterocycles. The fourth-order valence-corrected chi connectivity index (χ4v) is 2.43. The molecule has 0 heterocycles. The van der Waals surface area contributed by atoms with Crippen molar-refractivity contribution in [2.75, 3.05) is 0 Å². The van der Waals surface area contributed by atoms with Gasteiger partial charge in [-0.1, -0.05) is 26.7 Å². The number of carbonyl (C=O) groups is 1. The molecule has 2 heteroatoms. The number of hydrogen-bond donors (Lipinski definition) is 0. The summed E-state index contributed by atoms with van der Waals surface area (Å²) in [5, 5.41) is 0. The quantitative estimate of drug-likeness (QED) is 0.633. The molecule has 1 unspecified atom stereocenters. The van der Waals surface area contributed by atoms with Crippen molar-refractivity contribution in [2.24, 2.45) is 10.8 Å². The van der Waals surface area contributed by atoms with Gasteiger partial charge in [0.25, 0.3) is 0 Å². The lowest BCUT2D eigenvalue weighted by Gasteiger charge is -2.46. The molecule has 0 amide bonds. The Hall–Kier alpha value is -0.530. The Morgan fingerprint density at radius 3 is 2.00 bits per heavy atom. The van der Waals surface area contributed by atoms with Gasteiger partial charge in [-0.05, 0) is 46.0 Å². The van der Waals surface area contributed by atoms with Crippen molar-refractivity contribution in [3.05, 3.63) is 0 Å². The molecule has 1 aliphatic rings. The van der Waals surface area contributed by atoms with Crippen LogP contribution < -0.4 is 0 Å². The van der Waals surface area contributed by atoms with E-state index in [4.69, 9.17) is 4.74 Å². The van der Waals surface area contributed by atoms with E-state index in [0.29, 0.717) is 0 Å². The van der Waals surface area contributed by atoms with Crippen LogP contribution in [-0.4, -0.2) is 11.6 Å². The highest BCUT2D eigenvalue weighted by molar-refractivity contribution is 5.78. The minimum atomic E-state index is -0.381. The second-order valence-electron chi connectivity index (χ2n) is 6.92. The Morgan fingerprint density at radius 1 is 1.06 bits per heavy atom. The van der Waals surface area contributed by atoms with Crippen molar-refractivity contribution in [3.63, 3.8) is 0 Å². The second-order valence-corrected chi connectivity index (χ2v) is 6.92. The Bertz CT molecular complexity index is 273. The Balaban J connectivity index is 2.86. The van der Waals surface area contributed by atoms with Crippen LogP contribution in [0.5, 0.6) is 0 Å². The number of esters is 1. The van der Waals surface area contributed by atoms with E-state index < -0.39 is 0 Å². The van der Waals surface area contributed by atoms with Gasteiger partial charge in [0.15, 0.2) is 0 Å². The third-order valence-corrected chi connectivity index (χ3v) is 4.07. The van der Waals surface area contributed by atoms with E-state index in [1.165, 1.54) is 6.42 Å². The van der Waals surface area contributed by atoms with Crippen LogP contribution >= 0.6 is 0 Å². The van der Waals surface area contributed by atoms with Gasteiger partial charge in [0.2, 0.25) is 0 Å². The largest absolute Gasteiger partial charge is 0.460 e. The molecule has 16 heavy (non-hydrogen) atoms. The SMILES string of the molecule is CC(C)(C)OC(=O)C1(C)CCCCC1(C)C. The maximum absolute atomic E-state index is 12.3. The molecule has 0 aromatic heterocycles. The molecule has 0 aromatic rings. The van der Waals surface area contributed by atoms with Gasteiger partial charge < -0.3 is 4.74 Å². The Morgan fingerprint density at radius 2 is 1.56 bits per heavy atom. The Labute approximate surface area is 99.8 Å². The van der Waals surface area contributed by atoms with Gasteiger partial charge >= 0.3 is 5.97 Å². The summed E-state index contributed by atoms with van der Waals surface area (Å²) in [7, 11) is 0. The van der Waals surface area contributed by atoms with Crippen molar-refractivity contribution in [1.29, 1.82) is 0 Å². The number of hydrogen-bond acceptors (Lipinski definition) is 2. The molecule has 0 aromatic carbocycles. The van der Waals surface area contributed by atoms with Gasteiger partial charge in [-0.15, -0.1) is 0 Å². The summed E-state index contributed by atoms with van der Waals surface area (Å²) in [4.78, 5) is 12.3. The normalized spacial score (nSPS) is 29.9. The highest BCUT2D eigenvalue weighted by atomic mass is 16.6. The van der Waals surface area contributed by atoms with E-state index in [1.807, 2.05) is 20.8 Å². The van der Waals surface area contributed by atoms with Crippen LogP contribution in [0.1, 0.15) is 67.2 Å². The highest BCUT2D eigenvalue weighted by Crippen LogP contribution is 2.51. The first-order chi connectivity index (χ1) is 7.08. The molecule has 1 rings (SSSR count). The lowest BCUT2D eigenvalue weighted by molar-refractivity contribution is -0.177. The van der Waals surface area contributed by atoms with E-state index in [1.54, 1.807) is 0 Å². The van der Waals surface area contributed by atoms with E-state index in [0.717, 1.165) is 19.3 Å². The summed E-state index contributed by atoms with van der Waals surface area (Å²) < 4.78 is 5.58. The molecule has 1 aliphatic carbocycles. The summed E-state index contributed by atoms with van der Waals surface area (Å²) in [6.45, 7) is 12.3. The molecular formula is C14H26O2. The first kappa shape index (κ1) is 13.5. The number of rotatable bonds is 1. The van der Waals surface area contributed by atoms with Crippen molar-refractivity contribution < 1.29 is 9.53 Å². The van der Waals surface area contributed by atoms with Crippen molar-refractivity contribution in [1.82, 2.24) is 0 Å². The van der Waals surface area contributed by atoms with Gasteiger partial charge in [-0.3, -0.25) is 4.79 Å². The zero-order valence-electron chi connectivity index (χ0n) is 11.6. The number of carbonyl (C=O) groups excluding carboxylic acids is 1. The van der Waals surface area contributed by atoms with Crippen LogP contribution in [0.25, 0.3) is 0 Å². The molecule has 94 valence electrons. The zero-order valence-corrected chi connectivity index (χ0v) is 11.6. The summed E-state index contributed by atoms with van der Waals surface area (Å²) in [5.74, 6) is -0.0234. The standard InChI is InChI=1S/C14H26O2/c1-12(2,3)16-11(15)14(6)10-8-7-9-13(14,4)5/h7-10H2,1-6H3. The van der Waals surface area contributed by atoms with Crippen LogP contribution in [-0.2, 0) is 9.53 Å². The topological polar surface area (TPSA) is 26.3 Å². The average molecular weight is 226 g/mol. The third-order valence-electron chi connectivity index (χ3n) is 4.07. The molecule has 2 nitrogen and oxygen atoms in total. The van der Waals surface area contributed by atoms with Crippen LogP contribution in [0.3, 0.4) is 0 Å². The minimum Gasteiger partial charge on any atom is -0.460 e. The fraction of sp³-hybridized carbons (Fsp3) is 0.929. The predicted octanol–water partition coefficient (Wildman–Crippen LogP) is 3.93. The molecule has 1 fully saturated rings. The van der Waals surface area contributed by atoms with Crippen LogP contribution in [0.15, 0.2) is 0 Å². The maximum Gasteiger partial charge on any atom is 0.312 e. The lowest BCUT2D eigenvalue weighted by Crippen LogP contribution is -2.47. The monoisotopic (exact) mass is 226 g/mol. The predicted molar refractivity (Wildman–Crippen MR) is 66.2 cm³/mol. The first-order valence-electron chi connectivity index (χ1n) is 6.32. The smallest absolute Gasteiger partial charge is 0.312 e. The van der Waals surface area contributed by atoms with Crippen LogP contribution in [0.4, 0.5) is 0 Å². The van der Waals surface area contributed by atoms with E-state index in [9.17, 15) is 4.79 Å². The number of ether oxygens (including phenoxy) is 1. The average Bonchev–Trinajstić information content (AvgIpc) is 2.07. The summed E-state index contributed by atoms with van der Waals surface area (Å²) in [6, 6.07) is 0. The van der Waals surface area contributed by atoms with Crippen molar-refractivity contribution in [2.45, 2.75) is 72.8 Å². The highest BCUT2D eigenvalue weighted by Gasteiger charge is 2.50. The molecule has 0 saturated heterocycles. The van der Waals surface area contributed by atoms with Gasteiger partial charge in [0.1, 0.15) is 5.60 Å². The van der Waals surface area contributed by atoms with Crippen LogP contribution in [0, 0.1) is 10.8 Å². The third kappa shape index (κ3) is 2.58. The summed E-state index contributed by atoms with van der Waals surface area (Å²) >= 11 is 0. The van der Waals surface area contributed by atoms with Gasteiger partial charge in [0.05, 0.1) is 5.41 Å². The molecule has 0 bridgehead atoms. The van der Waals surface area contributed by atoms with E-state index in [-0.39, 0.29) is 22.4 Å². The molecule has 1 atom stereocenters. The molecule has 1 saturated carbocycles. The van der Waals surface area contributed by atoms with Gasteiger partial charge in [-0.25, -0.2) is 0 Å². The summed E-state index contributed by atoms with van der Waals surface area (Å²) in [5.41, 5.74) is -0.653. The fourth-order valence-electron chi connectivity index (χ4n) is 2.43. The van der Waals surface area contributed by atoms with E-state index >= 15 is 0 Å². The lowest BCUT2D eigenvalue weighted by atomic mass is 9.58. The first-order valence-corrected chi connectivity index (χ1v) is 6.32. The summed E-state index contributed by atoms with van der Waals surface area (Å²) in [6.07, 6.45) is 4.43. The second kappa shape index (κ2) is 4.05. The zero-order chi connectivity index (χ0) is 12.6. The molecule has 0 radical (unpaired) electrons. The molecule has 0 spiro atoms. The van der Waals surface area contributed by atoms with Crippen LogP contribution in [0.2, 0.25) is 0 Å². The van der Waals surface area contributed by atoms with E-state index in [2.05, 4.69) is 20.8 Å². The molecular weight excluding hydrogens is 200 g/mol. The van der Waals surface area contributed by atoms with Gasteiger partial charge in [-0.2, -0.15) is 0 Å². The van der Waals surface area contributed by atoms with Crippen molar-refractivity contribution >= 4 is 5.97 Å².